The van der Waals surface area contributed by atoms with Crippen molar-refractivity contribution in [1.29, 1.82) is 0 Å². The number of rotatable bonds is 7. The molecule has 0 amide bonds. The van der Waals surface area contributed by atoms with Crippen molar-refractivity contribution in [3.05, 3.63) is 87.4 Å². The van der Waals surface area contributed by atoms with E-state index in [0.717, 1.165) is 59.6 Å². The van der Waals surface area contributed by atoms with Crippen LogP contribution in [0.4, 0.5) is 11.4 Å². The maximum Gasteiger partial charge on any atom is 0.124 e. The monoisotopic (exact) mass is 456 g/mol. The van der Waals surface area contributed by atoms with Crippen LogP contribution in [-0.4, -0.2) is 26.3 Å². The topological polar surface area (TPSA) is 33.7 Å². The van der Waals surface area contributed by atoms with Crippen LogP contribution in [0.1, 0.15) is 16.7 Å². The molecular weight excluding hydrogens is 431 g/mol. The smallest absolute Gasteiger partial charge is 0.124 e. The van der Waals surface area contributed by atoms with Crippen LogP contribution >= 0.6 is 23.2 Å². The summed E-state index contributed by atoms with van der Waals surface area (Å²) in [7, 11) is 0. The van der Waals surface area contributed by atoms with E-state index in [1.165, 1.54) is 5.56 Å². The lowest BCUT2D eigenvalue weighted by Crippen LogP contribution is -2.36. The van der Waals surface area contributed by atoms with E-state index in [1.54, 1.807) is 0 Å². The van der Waals surface area contributed by atoms with E-state index < -0.39 is 0 Å². The maximum atomic E-state index is 6.56. The third-order valence-electron chi connectivity index (χ3n) is 5.28. The summed E-state index contributed by atoms with van der Waals surface area (Å²) in [6, 6.07) is 20.1. The summed E-state index contributed by atoms with van der Waals surface area (Å²) in [6.07, 6.45) is 0. The number of nitrogens with zero attached hydrogens (tertiary/aromatic N) is 1. The van der Waals surface area contributed by atoms with E-state index >= 15 is 0 Å². The predicted molar refractivity (Wildman–Crippen MR) is 129 cm³/mol. The number of hydrogen-bond acceptors (Lipinski definition) is 4. The summed E-state index contributed by atoms with van der Waals surface area (Å²) < 4.78 is 11.5. The van der Waals surface area contributed by atoms with Crippen LogP contribution < -0.4 is 15.0 Å². The third-order valence-corrected chi connectivity index (χ3v) is 5.82. The van der Waals surface area contributed by atoms with Crippen molar-refractivity contribution in [2.24, 2.45) is 0 Å². The van der Waals surface area contributed by atoms with Crippen molar-refractivity contribution < 1.29 is 9.47 Å². The zero-order valence-corrected chi connectivity index (χ0v) is 19.0. The summed E-state index contributed by atoms with van der Waals surface area (Å²) >= 11 is 12.8. The molecule has 4 rings (SSSR count). The number of benzene rings is 3. The fourth-order valence-electron chi connectivity index (χ4n) is 3.66. The Morgan fingerprint density at radius 1 is 1.00 bits per heavy atom. The Labute approximate surface area is 193 Å². The first kappa shape index (κ1) is 21.8. The van der Waals surface area contributed by atoms with E-state index in [-0.39, 0.29) is 0 Å². The molecular formula is C25H26Cl2N2O2. The fraction of sp³-hybridized carbons (Fsp3) is 0.280. The van der Waals surface area contributed by atoms with E-state index in [4.69, 9.17) is 32.7 Å². The number of nitrogens with one attached hydrogen (secondary N) is 1. The van der Waals surface area contributed by atoms with Gasteiger partial charge in [-0.25, -0.2) is 0 Å². The zero-order chi connectivity index (χ0) is 21.6. The molecule has 31 heavy (non-hydrogen) atoms. The molecule has 0 aliphatic carbocycles. The van der Waals surface area contributed by atoms with Crippen LogP contribution in [-0.2, 0) is 17.9 Å². The van der Waals surface area contributed by atoms with Crippen LogP contribution in [0.2, 0.25) is 10.0 Å². The summed E-state index contributed by atoms with van der Waals surface area (Å²) in [6.45, 7) is 6.35. The van der Waals surface area contributed by atoms with Gasteiger partial charge in [-0.15, -0.1) is 0 Å². The van der Waals surface area contributed by atoms with Gasteiger partial charge in [0.1, 0.15) is 12.4 Å². The minimum Gasteiger partial charge on any atom is -0.489 e. The highest BCUT2D eigenvalue weighted by Crippen LogP contribution is 2.30. The van der Waals surface area contributed by atoms with Crippen LogP contribution in [0.15, 0.2) is 60.7 Å². The molecule has 0 spiro atoms. The Morgan fingerprint density at radius 3 is 2.61 bits per heavy atom. The molecule has 1 fully saturated rings. The molecule has 0 aromatic heterocycles. The Balaban J connectivity index is 1.43. The number of ether oxygens (including phenoxy) is 2. The van der Waals surface area contributed by atoms with Gasteiger partial charge in [-0.3, -0.25) is 0 Å². The van der Waals surface area contributed by atoms with Gasteiger partial charge in [0.05, 0.1) is 23.9 Å². The molecule has 1 aliphatic heterocycles. The van der Waals surface area contributed by atoms with E-state index in [1.807, 2.05) is 30.3 Å². The Hall–Kier alpha value is -2.40. The number of aryl methyl sites for hydroxylation is 1. The second kappa shape index (κ2) is 10.3. The van der Waals surface area contributed by atoms with Gasteiger partial charge < -0.3 is 19.7 Å². The lowest BCUT2D eigenvalue weighted by atomic mass is 10.1. The molecule has 0 saturated carbocycles. The summed E-state index contributed by atoms with van der Waals surface area (Å²) in [5, 5.41) is 4.85. The van der Waals surface area contributed by atoms with Crippen molar-refractivity contribution in [2.45, 2.75) is 20.1 Å². The summed E-state index contributed by atoms with van der Waals surface area (Å²) in [4.78, 5) is 2.25. The van der Waals surface area contributed by atoms with Crippen LogP contribution in [0, 0.1) is 6.92 Å². The minimum atomic E-state index is 0.510. The lowest BCUT2D eigenvalue weighted by molar-refractivity contribution is 0.122. The van der Waals surface area contributed by atoms with E-state index in [2.05, 4.69) is 47.5 Å². The molecule has 1 N–H and O–H groups in total. The number of hydrogen-bond donors (Lipinski definition) is 1. The van der Waals surface area contributed by atoms with Gasteiger partial charge in [-0.05, 0) is 48.9 Å². The average Bonchev–Trinajstić information content (AvgIpc) is 2.78. The number of morpholine rings is 1. The molecule has 4 nitrogen and oxygen atoms in total. The molecule has 0 radical (unpaired) electrons. The molecule has 162 valence electrons. The van der Waals surface area contributed by atoms with Gasteiger partial charge in [0.15, 0.2) is 0 Å². The highest BCUT2D eigenvalue weighted by Gasteiger charge is 2.14. The van der Waals surface area contributed by atoms with Gasteiger partial charge in [0.2, 0.25) is 0 Å². The normalized spacial score (nSPS) is 13.8. The average molecular weight is 457 g/mol. The fourth-order valence-corrected chi connectivity index (χ4v) is 4.16. The standard InChI is InChI=1S/C25H26Cl2N2O2/c1-18-3-2-4-19(13-18)17-31-25-8-5-21(26)14-20(25)16-28-22-6-7-24(23(27)15-22)29-9-11-30-12-10-29/h2-8,13-15,28H,9-12,16-17H2,1H3. The van der Waals surface area contributed by atoms with Crippen LogP contribution in [0.25, 0.3) is 0 Å². The second-order valence-corrected chi connectivity index (χ2v) is 8.49. The van der Waals surface area contributed by atoms with Gasteiger partial charge in [-0.1, -0.05) is 53.0 Å². The number of anilines is 2. The maximum absolute atomic E-state index is 6.56. The largest absolute Gasteiger partial charge is 0.489 e. The first-order chi connectivity index (χ1) is 15.1. The van der Waals surface area contributed by atoms with Gasteiger partial charge in [0, 0.05) is 35.9 Å². The molecule has 0 atom stereocenters. The zero-order valence-electron chi connectivity index (χ0n) is 17.5. The third kappa shape index (κ3) is 5.85. The molecule has 1 heterocycles. The molecule has 0 bridgehead atoms. The Morgan fingerprint density at radius 2 is 1.84 bits per heavy atom. The van der Waals surface area contributed by atoms with Crippen molar-refractivity contribution in [3.8, 4) is 5.75 Å². The van der Waals surface area contributed by atoms with E-state index in [0.29, 0.717) is 18.2 Å². The molecule has 0 unspecified atom stereocenters. The van der Waals surface area contributed by atoms with Gasteiger partial charge >= 0.3 is 0 Å². The highest BCUT2D eigenvalue weighted by molar-refractivity contribution is 6.33. The second-order valence-electron chi connectivity index (χ2n) is 7.65. The first-order valence-electron chi connectivity index (χ1n) is 10.4. The quantitative estimate of drug-likeness (QED) is 0.450. The van der Waals surface area contributed by atoms with Gasteiger partial charge in [0.25, 0.3) is 0 Å². The van der Waals surface area contributed by atoms with Crippen molar-refractivity contribution >= 4 is 34.6 Å². The van der Waals surface area contributed by atoms with Crippen molar-refractivity contribution in [3.63, 3.8) is 0 Å². The molecule has 6 heteroatoms. The van der Waals surface area contributed by atoms with Crippen LogP contribution in [0.5, 0.6) is 5.75 Å². The van der Waals surface area contributed by atoms with E-state index in [9.17, 15) is 0 Å². The SMILES string of the molecule is Cc1cccc(COc2ccc(Cl)cc2CNc2ccc(N3CCOCC3)c(Cl)c2)c1. The van der Waals surface area contributed by atoms with Crippen molar-refractivity contribution in [1.82, 2.24) is 0 Å². The molecule has 1 aliphatic rings. The lowest BCUT2D eigenvalue weighted by Gasteiger charge is -2.29. The number of halogens is 2. The highest BCUT2D eigenvalue weighted by atomic mass is 35.5. The molecule has 3 aromatic carbocycles. The predicted octanol–water partition coefficient (Wildman–Crippen LogP) is 6.33. The summed E-state index contributed by atoms with van der Waals surface area (Å²) in [5.74, 6) is 0.814. The van der Waals surface area contributed by atoms with Crippen molar-refractivity contribution in [2.75, 3.05) is 36.5 Å². The Kier molecular flexibility index (Phi) is 7.23. The first-order valence-corrected chi connectivity index (χ1v) is 11.2. The minimum absolute atomic E-state index is 0.510. The van der Waals surface area contributed by atoms with Crippen LogP contribution in [0.3, 0.4) is 0 Å². The Bertz CT molecular complexity index is 1040. The summed E-state index contributed by atoms with van der Waals surface area (Å²) in [5.41, 5.74) is 5.34. The molecule has 3 aromatic rings. The molecule has 1 saturated heterocycles. The van der Waals surface area contributed by atoms with Gasteiger partial charge in [-0.2, -0.15) is 0 Å².